The van der Waals surface area contributed by atoms with Gasteiger partial charge in [-0.15, -0.1) is 11.8 Å². The molecule has 28 heavy (non-hydrogen) atoms. The van der Waals surface area contributed by atoms with E-state index in [2.05, 4.69) is 16.9 Å². The van der Waals surface area contributed by atoms with Gasteiger partial charge in [0, 0.05) is 6.20 Å². The average Bonchev–Trinajstić information content (AvgIpc) is 2.70. The normalized spacial score (nSPS) is 14.3. The molecule has 0 radical (unpaired) electrons. The van der Waals surface area contributed by atoms with Crippen LogP contribution < -0.4 is 11.1 Å². The Hall–Kier alpha value is -1.74. The number of hydrogen-bond acceptors (Lipinski definition) is 6. The number of carbonyl (C=O) groups excluding carboxylic acids is 1. The summed E-state index contributed by atoms with van der Waals surface area (Å²) in [6.07, 6.45) is 3.95. The third-order valence-corrected chi connectivity index (χ3v) is 4.61. The second-order valence-corrected chi connectivity index (χ2v) is 6.93. The molecule has 0 saturated heterocycles. The molecule has 0 aliphatic rings. The van der Waals surface area contributed by atoms with Gasteiger partial charge in [0.25, 0.3) is 0 Å². The van der Waals surface area contributed by atoms with E-state index >= 15 is 0 Å². The highest BCUT2D eigenvalue weighted by Gasteiger charge is 2.25. The number of rotatable bonds is 9. The quantitative estimate of drug-likeness (QED) is 0.367. The van der Waals surface area contributed by atoms with Gasteiger partial charge in [-0.3, -0.25) is 9.79 Å². The van der Waals surface area contributed by atoms with Gasteiger partial charge in [-0.1, -0.05) is 25.6 Å². The first kappa shape index (κ1) is 26.3. The van der Waals surface area contributed by atoms with Crippen LogP contribution in [0, 0.1) is 5.82 Å². The van der Waals surface area contributed by atoms with Crippen LogP contribution in [0.2, 0.25) is 0 Å². The van der Waals surface area contributed by atoms with Crippen LogP contribution in [0.25, 0.3) is 0 Å². The Morgan fingerprint density at radius 1 is 1.39 bits per heavy atom. The number of thioether (sulfide) groups is 1. The highest BCUT2D eigenvalue weighted by Crippen LogP contribution is 2.14. The maximum Gasteiger partial charge on any atom is 0.234 e. The molecule has 1 aromatic carbocycles. The van der Waals surface area contributed by atoms with E-state index in [0.717, 1.165) is 12.0 Å². The summed E-state index contributed by atoms with van der Waals surface area (Å²) in [5.41, 5.74) is 6.24. The van der Waals surface area contributed by atoms with Crippen molar-refractivity contribution in [1.29, 1.82) is 0 Å². The summed E-state index contributed by atoms with van der Waals surface area (Å²) in [5.74, 6) is -0.656. The molecule has 0 saturated carbocycles. The molecule has 5 N–H and O–H groups in total. The summed E-state index contributed by atoms with van der Waals surface area (Å²) in [7, 11) is 0. The second-order valence-electron chi connectivity index (χ2n) is 6.10. The zero-order valence-electron chi connectivity index (χ0n) is 16.8. The number of aliphatic imine (C=N–C) groups is 1. The van der Waals surface area contributed by atoms with Gasteiger partial charge >= 0.3 is 0 Å². The van der Waals surface area contributed by atoms with Crippen LogP contribution in [0.15, 0.2) is 42.0 Å². The van der Waals surface area contributed by atoms with Crippen LogP contribution in [0.3, 0.4) is 0 Å². The van der Waals surface area contributed by atoms with Crippen molar-refractivity contribution in [3.05, 3.63) is 48.4 Å². The van der Waals surface area contributed by atoms with Crippen LogP contribution in [-0.2, 0) is 11.2 Å². The van der Waals surface area contributed by atoms with Crippen molar-refractivity contribution in [2.75, 3.05) is 12.8 Å². The number of carbonyl (C=O) groups is 1. The maximum absolute atomic E-state index is 12.9. The first-order chi connectivity index (χ1) is 13.3. The lowest BCUT2D eigenvalue weighted by Crippen LogP contribution is -2.48. The number of aliphatic hydroxyl groups excluding tert-OH is 2. The SMILES string of the molecule is C=CN=C(SC)C(O)C(CCc1ccc(F)cc1)NC(=O)CN.CCC(C)O. The Morgan fingerprint density at radius 2 is 1.96 bits per heavy atom. The number of aryl methyl sites for hydroxylation is 1. The van der Waals surface area contributed by atoms with Gasteiger partial charge in [-0.2, -0.15) is 0 Å². The molecule has 0 aliphatic carbocycles. The van der Waals surface area contributed by atoms with Crippen molar-refractivity contribution in [3.8, 4) is 0 Å². The highest BCUT2D eigenvalue weighted by molar-refractivity contribution is 8.13. The molecule has 1 aromatic rings. The maximum atomic E-state index is 12.9. The molecule has 0 spiro atoms. The minimum Gasteiger partial charge on any atom is -0.393 e. The van der Waals surface area contributed by atoms with E-state index in [-0.39, 0.29) is 24.4 Å². The number of benzene rings is 1. The Morgan fingerprint density at radius 3 is 2.39 bits per heavy atom. The Balaban J connectivity index is 0.00000129. The third-order valence-electron chi connectivity index (χ3n) is 3.84. The molecule has 0 aliphatic heterocycles. The Bertz CT molecular complexity index is 609. The van der Waals surface area contributed by atoms with Crippen molar-refractivity contribution in [2.45, 2.75) is 51.4 Å². The Kier molecular flexibility index (Phi) is 14.3. The van der Waals surface area contributed by atoms with Gasteiger partial charge in [0.05, 0.1) is 18.7 Å². The summed E-state index contributed by atoms with van der Waals surface area (Å²) >= 11 is 1.29. The van der Waals surface area contributed by atoms with E-state index in [1.54, 1.807) is 25.3 Å². The number of amides is 1. The fourth-order valence-electron chi connectivity index (χ4n) is 2.06. The van der Waals surface area contributed by atoms with Gasteiger partial charge in [0.15, 0.2) is 0 Å². The summed E-state index contributed by atoms with van der Waals surface area (Å²) < 4.78 is 12.9. The molecule has 6 nitrogen and oxygen atoms in total. The summed E-state index contributed by atoms with van der Waals surface area (Å²) in [5, 5.41) is 22.0. The minimum atomic E-state index is -0.959. The number of aliphatic hydroxyl groups is 2. The number of nitrogens with zero attached hydrogens (tertiary/aromatic N) is 1. The summed E-state index contributed by atoms with van der Waals surface area (Å²) in [6, 6.07) is 5.58. The monoisotopic (exact) mass is 413 g/mol. The van der Waals surface area contributed by atoms with Gasteiger partial charge < -0.3 is 21.3 Å². The van der Waals surface area contributed by atoms with E-state index in [0.29, 0.717) is 17.9 Å². The van der Waals surface area contributed by atoms with E-state index in [4.69, 9.17) is 10.8 Å². The lowest BCUT2D eigenvalue weighted by atomic mass is 10.0. The van der Waals surface area contributed by atoms with E-state index in [1.807, 2.05) is 6.92 Å². The first-order valence-electron chi connectivity index (χ1n) is 9.11. The molecule has 158 valence electrons. The zero-order valence-corrected chi connectivity index (χ0v) is 17.6. The lowest BCUT2D eigenvalue weighted by molar-refractivity contribution is -0.121. The van der Waals surface area contributed by atoms with Gasteiger partial charge in [0.1, 0.15) is 17.0 Å². The Labute approximate surface area is 171 Å². The topological polar surface area (TPSA) is 108 Å². The van der Waals surface area contributed by atoms with Gasteiger partial charge in [0.2, 0.25) is 5.91 Å². The van der Waals surface area contributed by atoms with Gasteiger partial charge in [-0.25, -0.2) is 4.39 Å². The number of hydrogen-bond donors (Lipinski definition) is 4. The first-order valence-corrected chi connectivity index (χ1v) is 10.3. The van der Waals surface area contributed by atoms with Crippen molar-refractivity contribution in [2.24, 2.45) is 10.7 Å². The zero-order chi connectivity index (χ0) is 21.5. The summed E-state index contributed by atoms with van der Waals surface area (Å²) in [6.45, 7) is 7.08. The van der Waals surface area contributed by atoms with Crippen LogP contribution in [-0.4, -0.2) is 52.2 Å². The van der Waals surface area contributed by atoms with E-state index in [9.17, 15) is 14.3 Å². The number of nitrogens with one attached hydrogen (secondary N) is 1. The molecule has 0 bridgehead atoms. The number of halogens is 1. The summed E-state index contributed by atoms with van der Waals surface area (Å²) in [4.78, 5) is 15.6. The standard InChI is InChI=1S/C16H22FN3O2S.C4H10O/c1-3-19-16(23-2)15(22)13(20-14(21)10-18)9-6-11-4-7-12(17)8-5-11;1-3-4(2)5/h3-5,7-8,13,15,22H,1,6,9-10,18H2,2H3,(H,20,21);4-5H,3H2,1-2H3. The average molecular weight is 414 g/mol. The number of nitrogens with two attached hydrogens (primary N) is 1. The smallest absolute Gasteiger partial charge is 0.234 e. The molecule has 0 heterocycles. The third kappa shape index (κ3) is 11.2. The van der Waals surface area contributed by atoms with Crippen LogP contribution >= 0.6 is 11.8 Å². The van der Waals surface area contributed by atoms with E-state index < -0.39 is 12.1 Å². The predicted molar refractivity (Wildman–Crippen MR) is 115 cm³/mol. The molecule has 3 unspecified atom stereocenters. The molecule has 3 atom stereocenters. The minimum absolute atomic E-state index is 0.116. The van der Waals surface area contributed by atoms with Gasteiger partial charge in [-0.05, 0) is 50.1 Å². The predicted octanol–water partition coefficient (Wildman–Crippen LogP) is 2.24. The molecule has 1 rings (SSSR count). The van der Waals surface area contributed by atoms with Crippen molar-refractivity contribution < 1.29 is 19.4 Å². The molecular formula is C20H32FN3O3S. The molecule has 0 fully saturated rings. The van der Waals surface area contributed by atoms with Crippen LogP contribution in [0.4, 0.5) is 4.39 Å². The van der Waals surface area contributed by atoms with Crippen molar-refractivity contribution in [3.63, 3.8) is 0 Å². The van der Waals surface area contributed by atoms with Crippen LogP contribution in [0.5, 0.6) is 0 Å². The van der Waals surface area contributed by atoms with Crippen molar-refractivity contribution >= 4 is 22.7 Å². The highest BCUT2D eigenvalue weighted by atomic mass is 32.2. The molecule has 8 heteroatoms. The van der Waals surface area contributed by atoms with Crippen molar-refractivity contribution in [1.82, 2.24) is 5.32 Å². The largest absolute Gasteiger partial charge is 0.393 e. The second kappa shape index (κ2) is 15.2. The van der Waals surface area contributed by atoms with Crippen LogP contribution in [0.1, 0.15) is 32.3 Å². The fourth-order valence-corrected chi connectivity index (χ4v) is 2.65. The fraction of sp³-hybridized carbons (Fsp3) is 0.500. The van der Waals surface area contributed by atoms with E-state index in [1.165, 1.54) is 30.1 Å². The molecule has 0 aromatic heterocycles. The molecular weight excluding hydrogens is 381 g/mol. The molecule has 1 amide bonds. The lowest BCUT2D eigenvalue weighted by Gasteiger charge is -2.24.